The number of nitrogens with zero attached hydrogens (tertiary/aromatic N) is 19. The molecule has 734 valence electrons. The molecule has 6 aromatic carbocycles. The van der Waals surface area contributed by atoms with Crippen molar-refractivity contribution in [2.24, 2.45) is 7.05 Å². The molecule has 16 aromatic heterocycles. The monoisotopic (exact) mass is 1910 g/mol. The molecule has 0 radical (unpaired) electrons. The first-order chi connectivity index (χ1) is 69.4. The Hall–Kier alpha value is -16.0. The molecule has 0 saturated carbocycles. The van der Waals surface area contributed by atoms with Crippen LogP contribution in [0.4, 0.5) is 39.3 Å². The molecule has 0 fully saturated rings. The number of nitrogen functional groups attached to an aromatic ring is 6. The lowest BCUT2D eigenvalue weighted by Gasteiger charge is -2.07. The zero-order valence-electron chi connectivity index (χ0n) is 84.0. The lowest BCUT2D eigenvalue weighted by atomic mass is 10.0. The molecule has 0 bridgehead atoms. The van der Waals surface area contributed by atoms with Gasteiger partial charge in [0.25, 0.3) is 0 Å². The smallest absolute Gasteiger partial charge is 0.220 e. The van der Waals surface area contributed by atoms with Gasteiger partial charge in [-0.2, -0.15) is 14.6 Å². The zero-order valence-corrected chi connectivity index (χ0v) is 84.0. The predicted molar refractivity (Wildman–Crippen MR) is 582 cm³/mol. The van der Waals surface area contributed by atoms with Crippen LogP contribution in [0, 0.1) is 19.8 Å². The van der Waals surface area contributed by atoms with E-state index in [0.29, 0.717) is 57.5 Å². The molecule has 32 heteroatoms. The number of hydrogen-bond acceptors (Lipinski definition) is 23. The van der Waals surface area contributed by atoms with E-state index in [4.69, 9.17) is 64.3 Å². The van der Waals surface area contributed by atoms with Crippen molar-refractivity contribution in [2.75, 3.05) is 34.4 Å². The second-order valence-electron chi connectivity index (χ2n) is 37.2. The van der Waals surface area contributed by atoms with Gasteiger partial charge in [-0.15, -0.1) is 0 Å². The summed E-state index contributed by atoms with van der Waals surface area (Å²) in [6, 6.07) is 42.5. The van der Waals surface area contributed by atoms with E-state index in [-0.39, 0.29) is 0 Å². The Kier molecular flexibility index (Phi) is 30.5. The van der Waals surface area contributed by atoms with Crippen LogP contribution < -0.4 is 34.4 Å². The fourth-order valence-electron chi connectivity index (χ4n) is 18.1. The number of nitrogens with one attached hydrogen (secondary N) is 6. The van der Waals surface area contributed by atoms with E-state index < -0.39 is 5.95 Å². The SMILES string of the molecule is CCCCc1nc2c([nH]1)c(N)nc1cc(-c3cc(C)nn3C)ccc12.CCCCc1nc2c([nH]1)c(N)nc1cc(-c3cccnc3F)ccc12.CCCCc1nc2c([nH]1)c(N)nc1cc(-c3cnc(C)nc3)ccc12.CCCCc1nc2c([nH]1)c(N)nc1cc(-c3cnn(CCC)c3)ccc12.CCCCc1nc2c([nH]1)c(N)nc1cc(C(C)C)ccc12.CCCCc1nc2c([nH]1)c(N)nc1cc(CCC)ccc12. The quantitative estimate of drug-likeness (QED) is 0.0213. The number of aryl methyl sites for hydroxylation is 11. The molecular weight excluding hydrogens is 1790 g/mol. The summed E-state index contributed by atoms with van der Waals surface area (Å²) in [7, 11) is 1.95. The van der Waals surface area contributed by atoms with Gasteiger partial charge in [-0.25, -0.2) is 74.8 Å². The maximum atomic E-state index is 14.0. The number of unbranched alkanes of at least 4 members (excludes halogenated alkanes) is 6. The summed E-state index contributed by atoms with van der Waals surface area (Å²) in [4.78, 5) is 88.0. The van der Waals surface area contributed by atoms with Crippen molar-refractivity contribution >= 4 is 167 Å². The zero-order chi connectivity index (χ0) is 100. The third-order valence-corrected chi connectivity index (χ3v) is 25.8. The number of benzene rings is 6. The lowest BCUT2D eigenvalue weighted by Crippen LogP contribution is -1.96. The van der Waals surface area contributed by atoms with Crippen LogP contribution in [0.2, 0.25) is 0 Å². The summed E-state index contributed by atoms with van der Waals surface area (Å²) in [5.74, 6) is 9.54. The van der Waals surface area contributed by atoms with Gasteiger partial charge in [0.1, 0.15) is 142 Å². The number of aromatic amines is 6. The summed E-state index contributed by atoms with van der Waals surface area (Å²) in [5, 5.41) is 14.9. The average molecular weight is 1920 g/mol. The average Bonchev–Trinajstić information content (AvgIpc) is 2.01. The fraction of sp³-hybridized carbons (Fsp3) is 0.324. The first-order valence-corrected chi connectivity index (χ1v) is 50.3. The second-order valence-corrected chi connectivity index (χ2v) is 37.2. The maximum Gasteiger partial charge on any atom is 0.220 e. The normalized spacial score (nSPS) is 11.6. The van der Waals surface area contributed by atoms with E-state index in [1.165, 1.54) is 17.3 Å². The van der Waals surface area contributed by atoms with E-state index in [1.54, 1.807) is 12.1 Å². The van der Waals surface area contributed by atoms with Gasteiger partial charge in [-0.05, 0) is 178 Å². The highest BCUT2D eigenvalue weighted by molar-refractivity contribution is 6.12. The number of fused-ring (bicyclic) bond motifs is 18. The Morgan fingerprint density at radius 2 is 0.678 bits per heavy atom. The minimum atomic E-state index is -0.502. The summed E-state index contributed by atoms with van der Waals surface area (Å²) in [6.07, 6.45) is 31.4. The molecule has 0 spiro atoms. The predicted octanol–water partition coefficient (Wildman–Crippen LogP) is 24.2. The number of aromatic nitrogens is 25. The Labute approximate surface area is 828 Å². The van der Waals surface area contributed by atoms with Crippen molar-refractivity contribution in [1.29, 1.82) is 0 Å². The van der Waals surface area contributed by atoms with Crippen LogP contribution in [0.5, 0.6) is 0 Å². The minimum absolute atomic E-state index is 0.404. The molecule has 16 heterocycles. The number of hydrogen-bond donors (Lipinski definition) is 12. The summed E-state index contributed by atoms with van der Waals surface area (Å²) in [5.41, 5.74) is 63.4. The number of anilines is 6. The lowest BCUT2D eigenvalue weighted by molar-refractivity contribution is 0.587. The molecule has 22 aromatic rings. The van der Waals surface area contributed by atoms with Crippen molar-refractivity contribution in [1.82, 2.24) is 124 Å². The molecule has 0 amide bonds. The highest BCUT2D eigenvalue weighted by Crippen LogP contribution is 2.38. The Bertz CT molecular complexity index is 8290. The van der Waals surface area contributed by atoms with E-state index in [9.17, 15) is 4.39 Å². The fourth-order valence-corrected chi connectivity index (χ4v) is 18.1. The molecule has 0 aliphatic rings. The molecule has 143 heavy (non-hydrogen) atoms. The first-order valence-electron chi connectivity index (χ1n) is 50.3. The maximum absolute atomic E-state index is 14.0. The molecule has 0 unspecified atom stereocenters. The van der Waals surface area contributed by atoms with Gasteiger partial charge in [0.05, 0.1) is 50.7 Å². The van der Waals surface area contributed by atoms with Crippen molar-refractivity contribution < 1.29 is 4.39 Å². The Morgan fingerprint density at radius 3 is 1.03 bits per heavy atom. The van der Waals surface area contributed by atoms with Crippen molar-refractivity contribution in [2.45, 2.75) is 230 Å². The van der Waals surface area contributed by atoms with Crippen LogP contribution >= 0.6 is 0 Å². The largest absolute Gasteiger partial charge is 0.382 e. The Morgan fingerprint density at radius 1 is 0.336 bits per heavy atom. The van der Waals surface area contributed by atoms with Crippen LogP contribution in [0.1, 0.15) is 223 Å². The van der Waals surface area contributed by atoms with Crippen LogP contribution in [0.3, 0.4) is 0 Å². The second kappa shape index (κ2) is 44.2. The summed E-state index contributed by atoms with van der Waals surface area (Å²) in [6.45, 7) is 26.5. The topological polar surface area (TPSA) is 480 Å². The van der Waals surface area contributed by atoms with E-state index >= 15 is 0 Å². The molecule has 0 saturated heterocycles. The van der Waals surface area contributed by atoms with Gasteiger partial charge in [0, 0.05) is 131 Å². The number of pyridine rings is 7. The van der Waals surface area contributed by atoms with Gasteiger partial charge in [-0.3, -0.25) is 9.36 Å². The number of nitrogens with two attached hydrogens (primary N) is 6. The first kappa shape index (κ1) is 98.6. The summed E-state index contributed by atoms with van der Waals surface area (Å²) >= 11 is 0. The van der Waals surface area contributed by atoms with Gasteiger partial charge < -0.3 is 64.3 Å². The summed E-state index contributed by atoms with van der Waals surface area (Å²) < 4.78 is 17.8. The minimum Gasteiger partial charge on any atom is -0.382 e. The number of imidazole rings is 6. The molecule has 0 aliphatic carbocycles. The van der Waals surface area contributed by atoms with Crippen molar-refractivity contribution in [3.8, 4) is 44.6 Å². The van der Waals surface area contributed by atoms with Crippen LogP contribution in [-0.2, 0) is 58.5 Å². The number of rotatable bonds is 27. The third kappa shape index (κ3) is 21.8. The van der Waals surface area contributed by atoms with E-state index in [1.807, 2.05) is 85.2 Å². The Balaban J connectivity index is 0.000000118. The van der Waals surface area contributed by atoms with Crippen LogP contribution in [0.25, 0.3) is 176 Å². The number of H-pyrrole nitrogens is 6. The van der Waals surface area contributed by atoms with Gasteiger partial charge in [0.15, 0.2) is 0 Å². The number of halogens is 1. The van der Waals surface area contributed by atoms with Crippen molar-refractivity contribution in [3.05, 3.63) is 222 Å². The van der Waals surface area contributed by atoms with Gasteiger partial charge in [-0.1, -0.05) is 163 Å². The standard InChI is InChI=1S/C20H24N6.C19H18FN5.C19H22N6.C19H20N6.2C17H22N4/c1-3-5-6-17-24-18-15-8-7-13(14-11-22-26(12-14)9-4-2)10-16(15)23-20(21)19(18)25-17;1-2-3-6-15-24-16-13-8-7-11(12-5-4-9-22-18(12)20)10-14(13)23-19(21)17(16)25-15;1-4-5-6-16-22-17-13-8-7-12(15-9-11(2)24-25(15)3)10-14(13)21-19(20)18(17)23-16;1-3-4-5-16-24-17-14-7-6-12(13-9-21-11(2)22-10-13)8-15(14)23-19(20)18(17)25-16;1-4-5-6-14-20-15-12-8-7-11(10(2)3)9-13(12)19-17(18)16(15)21-14;1-3-5-7-14-20-15-12-9-8-11(6-4-2)10-13(12)19-17(18)16(15)21-14/h7-8,10-12H,3-6,9H2,1-2H3,(H2,21,23)(H,24,25);4-5,7-10H,2-3,6H2,1H3,(H2,21,23)(H,24,25);7-10H,4-6H2,1-3H3,(H2,20,21)(H,22,23);6-10H,3-5H2,1-2H3,(H2,20,23)(H,24,25);7-10H,4-6H2,1-3H3,(H2,18,19)(H,20,21);8-10H,3-7H2,1-2H3,(H2,18,19)(H,20,21). The molecule has 0 aliphatic heterocycles. The van der Waals surface area contributed by atoms with Gasteiger partial charge >= 0.3 is 0 Å². The molecule has 31 nitrogen and oxygen atoms in total. The molecule has 0 atom stereocenters. The van der Waals surface area contributed by atoms with Gasteiger partial charge in [0.2, 0.25) is 5.95 Å². The third-order valence-electron chi connectivity index (χ3n) is 25.8. The van der Waals surface area contributed by atoms with E-state index in [2.05, 4.69) is 239 Å². The van der Waals surface area contributed by atoms with Crippen LogP contribution in [-0.4, -0.2) is 124 Å². The molecular formula is C111H128FN31. The highest BCUT2D eigenvalue weighted by atomic mass is 19.1. The molecule has 18 N–H and O–H groups in total. The highest BCUT2D eigenvalue weighted by Gasteiger charge is 2.22. The van der Waals surface area contributed by atoms with E-state index in [0.717, 1.165) is 347 Å². The van der Waals surface area contributed by atoms with Crippen molar-refractivity contribution in [3.63, 3.8) is 0 Å². The molecule has 22 rings (SSSR count). The van der Waals surface area contributed by atoms with Crippen LogP contribution in [0.15, 0.2) is 158 Å².